The highest BCUT2D eigenvalue weighted by Crippen LogP contribution is 2.28. The molecule has 3 aromatic rings. The summed E-state index contributed by atoms with van der Waals surface area (Å²) in [6.45, 7) is 4.53. The van der Waals surface area contributed by atoms with Crippen LogP contribution >= 0.6 is 11.3 Å². The van der Waals surface area contributed by atoms with E-state index in [1.54, 1.807) is 38.1 Å². The minimum absolute atomic E-state index is 0.283. The summed E-state index contributed by atoms with van der Waals surface area (Å²) in [6.07, 6.45) is 1.80. The zero-order valence-electron chi connectivity index (χ0n) is 16.0. The van der Waals surface area contributed by atoms with Crippen molar-refractivity contribution in [2.45, 2.75) is 31.6 Å². The monoisotopic (exact) mass is 432 g/mol. The van der Waals surface area contributed by atoms with Gasteiger partial charge in [-0.25, -0.2) is 13.4 Å². The van der Waals surface area contributed by atoms with Crippen LogP contribution in [0.4, 0.5) is 5.13 Å². The predicted octanol–water partition coefficient (Wildman–Crippen LogP) is 3.45. The van der Waals surface area contributed by atoms with Crippen LogP contribution in [0.2, 0.25) is 0 Å². The van der Waals surface area contributed by atoms with Gasteiger partial charge in [0.15, 0.2) is 5.13 Å². The Balaban J connectivity index is 1.50. The van der Waals surface area contributed by atoms with Gasteiger partial charge in [-0.3, -0.25) is 10.1 Å². The first-order valence-electron chi connectivity index (χ1n) is 9.16. The van der Waals surface area contributed by atoms with Crippen LogP contribution in [0.5, 0.6) is 0 Å². The predicted molar refractivity (Wildman–Crippen MR) is 109 cm³/mol. The summed E-state index contributed by atoms with van der Waals surface area (Å²) in [6, 6.07) is 6.67. The van der Waals surface area contributed by atoms with Crippen molar-refractivity contribution < 1.29 is 17.7 Å². The Bertz CT molecular complexity index is 1120. The van der Waals surface area contributed by atoms with Gasteiger partial charge in [0, 0.05) is 24.0 Å². The Kier molecular flexibility index (Phi) is 5.24. The number of nitrogens with one attached hydrogen (secondary N) is 1. The van der Waals surface area contributed by atoms with Crippen LogP contribution in [0, 0.1) is 13.8 Å². The average Bonchev–Trinajstić information content (AvgIpc) is 3.44. The third-order valence-corrected chi connectivity index (χ3v) is 7.51. The number of carbonyl (C=O) groups is 1. The third kappa shape index (κ3) is 3.83. The van der Waals surface area contributed by atoms with E-state index in [4.69, 9.17) is 4.52 Å². The second-order valence-electron chi connectivity index (χ2n) is 6.83. The molecular weight excluding hydrogens is 412 g/mol. The number of aromatic nitrogens is 2. The highest BCUT2D eigenvalue weighted by Gasteiger charge is 2.27. The largest absolute Gasteiger partial charge is 0.361 e. The van der Waals surface area contributed by atoms with Crippen molar-refractivity contribution in [1.29, 1.82) is 0 Å². The molecule has 1 aromatic carbocycles. The fraction of sp³-hybridized carbons (Fsp3) is 0.316. The number of thiazole rings is 1. The molecule has 0 radical (unpaired) electrons. The van der Waals surface area contributed by atoms with Crippen LogP contribution in [-0.2, 0) is 10.0 Å². The number of anilines is 1. The number of amides is 1. The zero-order chi connectivity index (χ0) is 20.6. The number of benzene rings is 1. The van der Waals surface area contributed by atoms with Gasteiger partial charge in [0.1, 0.15) is 11.3 Å². The van der Waals surface area contributed by atoms with E-state index in [1.165, 1.54) is 15.6 Å². The van der Waals surface area contributed by atoms with E-state index in [0.29, 0.717) is 40.9 Å². The second kappa shape index (κ2) is 7.69. The van der Waals surface area contributed by atoms with Crippen molar-refractivity contribution in [1.82, 2.24) is 14.4 Å². The fourth-order valence-electron chi connectivity index (χ4n) is 3.31. The van der Waals surface area contributed by atoms with Crippen molar-refractivity contribution in [3.05, 3.63) is 46.7 Å². The first-order valence-corrected chi connectivity index (χ1v) is 11.5. The van der Waals surface area contributed by atoms with Gasteiger partial charge < -0.3 is 4.52 Å². The summed E-state index contributed by atoms with van der Waals surface area (Å²) in [5.74, 6) is 0.126. The zero-order valence-corrected chi connectivity index (χ0v) is 17.6. The molecule has 152 valence electrons. The van der Waals surface area contributed by atoms with Crippen LogP contribution in [0.3, 0.4) is 0 Å². The number of aryl methyl sites for hydroxylation is 2. The molecular formula is C19H20N4O4S2. The molecule has 29 heavy (non-hydrogen) atoms. The van der Waals surface area contributed by atoms with E-state index in [2.05, 4.69) is 15.5 Å². The highest BCUT2D eigenvalue weighted by atomic mass is 32.2. The number of sulfonamides is 1. The van der Waals surface area contributed by atoms with Crippen molar-refractivity contribution in [3.8, 4) is 11.3 Å². The van der Waals surface area contributed by atoms with Gasteiger partial charge in [-0.15, -0.1) is 11.3 Å². The topological polar surface area (TPSA) is 105 Å². The Morgan fingerprint density at radius 1 is 1.17 bits per heavy atom. The van der Waals surface area contributed by atoms with Crippen LogP contribution in [0.15, 0.2) is 39.1 Å². The summed E-state index contributed by atoms with van der Waals surface area (Å²) in [4.78, 5) is 17.1. The summed E-state index contributed by atoms with van der Waals surface area (Å²) in [5.41, 5.74) is 2.36. The number of rotatable bonds is 5. The number of carbonyl (C=O) groups excluding carboxylic acids is 1. The molecule has 1 fully saturated rings. The minimum atomic E-state index is -3.44. The lowest BCUT2D eigenvalue weighted by atomic mass is 10.2. The summed E-state index contributed by atoms with van der Waals surface area (Å²) in [5, 5.41) is 8.79. The number of nitrogens with zero attached hydrogens (tertiary/aromatic N) is 3. The molecule has 0 aliphatic carbocycles. The van der Waals surface area contributed by atoms with Crippen LogP contribution in [0.1, 0.15) is 34.7 Å². The molecule has 3 heterocycles. The van der Waals surface area contributed by atoms with E-state index in [0.717, 1.165) is 18.4 Å². The number of hydrogen-bond donors (Lipinski definition) is 1. The Morgan fingerprint density at radius 2 is 1.86 bits per heavy atom. The van der Waals surface area contributed by atoms with Crippen molar-refractivity contribution in [3.63, 3.8) is 0 Å². The molecule has 0 unspecified atom stereocenters. The summed E-state index contributed by atoms with van der Waals surface area (Å²) >= 11 is 1.29. The lowest BCUT2D eigenvalue weighted by Crippen LogP contribution is -2.27. The van der Waals surface area contributed by atoms with E-state index >= 15 is 0 Å². The Hall–Kier alpha value is -2.56. The molecule has 1 N–H and O–H groups in total. The smallest absolute Gasteiger partial charge is 0.262 e. The maximum Gasteiger partial charge on any atom is 0.262 e. The molecule has 1 amide bonds. The minimum Gasteiger partial charge on any atom is -0.361 e. The lowest BCUT2D eigenvalue weighted by Gasteiger charge is -2.15. The molecule has 2 aromatic heterocycles. The average molecular weight is 433 g/mol. The van der Waals surface area contributed by atoms with Crippen LogP contribution in [-0.4, -0.2) is 41.9 Å². The van der Waals surface area contributed by atoms with Gasteiger partial charge in [-0.05, 0) is 38.8 Å². The normalized spacial score (nSPS) is 15.0. The Morgan fingerprint density at radius 3 is 2.48 bits per heavy atom. The van der Waals surface area contributed by atoms with Gasteiger partial charge in [0.2, 0.25) is 10.0 Å². The summed E-state index contributed by atoms with van der Waals surface area (Å²) < 4.78 is 31.8. The first-order chi connectivity index (χ1) is 13.9. The Labute approximate surface area is 172 Å². The fourth-order valence-corrected chi connectivity index (χ4v) is 5.54. The lowest BCUT2D eigenvalue weighted by molar-refractivity contribution is 0.102. The van der Waals surface area contributed by atoms with Crippen LogP contribution in [0.25, 0.3) is 11.3 Å². The standard InChI is InChI=1S/C19H20N4O4S2/c1-12-17(13(2)27-22-12)18(24)21-19-20-16(11-28-19)14-5-7-15(8-6-14)29(25,26)23-9-3-4-10-23/h5-8,11H,3-4,9-10H2,1-2H3,(H,20,21,24). The van der Waals surface area contributed by atoms with Gasteiger partial charge in [0.05, 0.1) is 16.3 Å². The molecule has 10 heteroatoms. The molecule has 0 bridgehead atoms. The molecule has 0 spiro atoms. The van der Waals surface area contributed by atoms with Crippen molar-refractivity contribution in [2.24, 2.45) is 0 Å². The molecule has 1 saturated heterocycles. The SMILES string of the molecule is Cc1noc(C)c1C(=O)Nc1nc(-c2ccc(S(=O)(=O)N3CCCC3)cc2)cs1. The van der Waals surface area contributed by atoms with E-state index in [1.807, 2.05) is 5.38 Å². The van der Waals surface area contributed by atoms with Gasteiger partial charge in [-0.1, -0.05) is 17.3 Å². The van der Waals surface area contributed by atoms with Crippen molar-refractivity contribution >= 4 is 32.4 Å². The molecule has 8 nitrogen and oxygen atoms in total. The molecule has 1 aliphatic rings. The maximum atomic E-state index is 12.6. The van der Waals surface area contributed by atoms with Gasteiger partial charge in [0.25, 0.3) is 5.91 Å². The van der Waals surface area contributed by atoms with Gasteiger partial charge >= 0.3 is 0 Å². The van der Waals surface area contributed by atoms with Gasteiger partial charge in [-0.2, -0.15) is 4.31 Å². The third-order valence-electron chi connectivity index (χ3n) is 4.84. The first kappa shape index (κ1) is 19.7. The molecule has 0 saturated carbocycles. The van der Waals surface area contributed by atoms with E-state index in [9.17, 15) is 13.2 Å². The van der Waals surface area contributed by atoms with E-state index < -0.39 is 10.0 Å². The molecule has 4 rings (SSSR count). The van der Waals surface area contributed by atoms with E-state index in [-0.39, 0.29) is 10.8 Å². The highest BCUT2D eigenvalue weighted by molar-refractivity contribution is 7.89. The quantitative estimate of drug-likeness (QED) is 0.662. The summed E-state index contributed by atoms with van der Waals surface area (Å²) in [7, 11) is -3.44. The number of hydrogen-bond acceptors (Lipinski definition) is 7. The molecule has 0 atom stereocenters. The second-order valence-corrected chi connectivity index (χ2v) is 9.62. The van der Waals surface area contributed by atoms with Crippen molar-refractivity contribution in [2.75, 3.05) is 18.4 Å². The molecule has 1 aliphatic heterocycles. The van der Waals surface area contributed by atoms with Crippen LogP contribution < -0.4 is 5.32 Å². The maximum absolute atomic E-state index is 12.6.